The summed E-state index contributed by atoms with van der Waals surface area (Å²) in [5.74, 6) is -1.03. The fraction of sp³-hybridized carbons (Fsp3) is 0.833. The first kappa shape index (κ1) is 45.6. The van der Waals surface area contributed by atoms with Crippen molar-refractivity contribution in [1.82, 2.24) is 0 Å². The molecule has 0 aliphatic heterocycles. The van der Waals surface area contributed by atoms with E-state index in [9.17, 15) is 14.7 Å². The van der Waals surface area contributed by atoms with Crippen LogP contribution in [0.2, 0.25) is 0 Å². The predicted octanol–water partition coefficient (Wildman–Crippen LogP) is 12.0. The minimum absolute atomic E-state index is 0. The van der Waals surface area contributed by atoms with Crippen LogP contribution in [0.5, 0.6) is 0 Å². The molecular formula is C36H68Cl2O4. The summed E-state index contributed by atoms with van der Waals surface area (Å²) in [7, 11) is 0. The Labute approximate surface area is 271 Å². The van der Waals surface area contributed by atoms with E-state index < -0.39 is 11.2 Å². The highest BCUT2D eigenvalue weighted by atomic mass is 35.5. The van der Waals surface area contributed by atoms with Crippen molar-refractivity contribution >= 4 is 34.4 Å². The van der Waals surface area contributed by atoms with Crippen LogP contribution < -0.4 is 0 Å². The predicted molar refractivity (Wildman–Crippen MR) is 186 cm³/mol. The average molecular weight is 636 g/mol. The van der Waals surface area contributed by atoms with Crippen LogP contribution in [0.15, 0.2) is 24.3 Å². The van der Waals surface area contributed by atoms with E-state index >= 15 is 0 Å². The maximum atomic E-state index is 9.68. The summed E-state index contributed by atoms with van der Waals surface area (Å²) >= 11 is 9.55. The van der Waals surface area contributed by atoms with Crippen LogP contribution in [0.3, 0.4) is 0 Å². The minimum atomic E-state index is -0.935. The van der Waals surface area contributed by atoms with Gasteiger partial charge in [-0.3, -0.25) is 4.79 Å². The van der Waals surface area contributed by atoms with E-state index in [2.05, 4.69) is 47.8 Å². The van der Waals surface area contributed by atoms with Gasteiger partial charge in [-0.15, -0.1) is 18.2 Å². The molecule has 250 valence electrons. The van der Waals surface area contributed by atoms with Crippen LogP contribution in [-0.4, -0.2) is 32.9 Å². The molecule has 3 aliphatic rings. The molecule has 2 N–H and O–H groups in total. The Hall–Kier alpha value is -0.840. The van der Waals surface area contributed by atoms with E-state index in [0.717, 1.165) is 24.7 Å². The smallest absolute Gasteiger partial charge is 0.330 e. The number of rotatable bonds is 7. The number of carbonyl (C=O) groups excluding carboxylic acids is 1. The number of carbonyl (C=O) groups is 2. The summed E-state index contributed by atoms with van der Waals surface area (Å²) in [4.78, 5) is 19.0. The molecule has 3 fully saturated rings. The first-order chi connectivity index (χ1) is 19.1. The fourth-order valence-corrected chi connectivity index (χ4v) is 5.92. The van der Waals surface area contributed by atoms with Crippen molar-refractivity contribution in [3.05, 3.63) is 24.3 Å². The molecule has 3 saturated carbocycles. The molecule has 0 heterocycles. The van der Waals surface area contributed by atoms with Crippen LogP contribution in [-0.2, 0) is 9.59 Å². The third-order valence-corrected chi connectivity index (χ3v) is 9.68. The molecule has 6 heteroatoms. The third kappa shape index (κ3) is 23.6. The lowest BCUT2D eigenvalue weighted by molar-refractivity contribution is -0.132. The molecule has 3 aliphatic carbocycles. The van der Waals surface area contributed by atoms with Crippen LogP contribution in [0, 0.1) is 10.8 Å². The first-order valence-electron chi connectivity index (χ1n) is 16.1. The zero-order valence-corrected chi connectivity index (χ0v) is 29.0. The lowest BCUT2D eigenvalue weighted by atomic mass is 9.69. The lowest BCUT2D eigenvalue weighted by Crippen LogP contribution is -2.29. The van der Waals surface area contributed by atoms with Crippen LogP contribution in [0.25, 0.3) is 0 Å². The number of allylic oxidation sites excluding steroid dienone is 1. The van der Waals surface area contributed by atoms with Crippen LogP contribution in [0.1, 0.15) is 171 Å². The molecule has 0 aromatic carbocycles. The Balaban J connectivity index is -0.000000465. The van der Waals surface area contributed by atoms with Crippen molar-refractivity contribution in [2.75, 3.05) is 5.88 Å². The van der Waals surface area contributed by atoms with Gasteiger partial charge >= 0.3 is 5.97 Å². The standard InChI is InChI=1S/C12H22.C9H18.C8H16O.C4H6O2.C2H2Cl2O.CH4/c1-4-12(10-11(2)3)8-6-5-7-9-12;1-3-9(2)7-5-4-6-8-9;1-2-8(9)6-4-3-5-7-8;1-3(2)4(5)6;3-1-2(4)5;/h2,4-10H2,1,3H3;3-8H2,1-2H3;9H,2-7H2,1H3;1H2,2H3,(H,5,6);1H2;1H4. The second kappa shape index (κ2) is 25.5. The monoisotopic (exact) mass is 634 g/mol. The molecule has 0 aromatic rings. The van der Waals surface area contributed by atoms with Crippen molar-refractivity contribution in [3.8, 4) is 0 Å². The summed E-state index contributed by atoms with van der Waals surface area (Å²) in [6, 6.07) is 0. The van der Waals surface area contributed by atoms with Gasteiger partial charge < -0.3 is 10.2 Å². The topological polar surface area (TPSA) is 74.6 Å². The Bertz CT molecular complexity index is 693. The average Bonchev–Trinajstić information content (AvgIpc) is 2.95. The molecule has 4 nitrogen and oxygen atoms in total. The summed E-state index contributed by atoms with van der Waals surface area (Å²) in [6.07, 6.45) is 25.4. The van der Waals surface area contributed by atoms with Crippen molar-refractivity contribution in [3.63, 3.8) is 0 Å². The Kier molecular flexibility index (Phi) is 27.7. The highest BCUT2D eigenvalue weighted by molar-refractivity contribution is 6.67. The molecule has 42 heavy (non-hydrogen) atoms. The number of alkyl halides is 1. The van der Waals surface area contributed by atoms with E-state index in [1.165, 1.54) is 115 Å². The van der Waals surface area contributed by atoms with Gasteiger partial charge in [0.2, 0.25) is 5.24 Å². The molecule has 0 aromatic heterocycles. The third-order valence-electron chi connectivity index (χ3n) is 9.17. The van der Waals surface area contributed by atoms with Crippen molar-refractivity contribution < 1.29 is 19.8 Å². The summed E-state index contributed by atoms with van der Waals surface area (Å²) in [6.45, 7) is 20.0. The highest BCUT2D eigenvalue weighted by Crippen LogP contribution is 2.43. The second-order valence-corrected chi connectivity index (χ2v) is 13.7. The Morgan fingerprint density at radius 3 is 1.31 bits per heavy atom. The Morgan fingerprint density at radius 1 is 0.738 bits per heavy atom. The van der Waals surface area contributed by atoms with Gasteiger partial charge in [0.05, 0.1) is 11.5 Å². The number of hydrogen-bond acceptors (Lipinski definition) is 3. The number of aliphatic hydroxyl groups is 1. The van der Waals surface area contributed by atoms with Gasteiger partial charge in [-0.2, -0.15) is 0 Å². The molecule has 3 rings (SSSR count). The van der Waals surface area contributed by atoms with E-state index in [-0.39, 0.29) is 24.5 Å². The van der Waals surface area contributed by atoms with Gasteiger partial charge in [0, 0.05) is 5.57 Å². The number of carboxylic acid groups (broad SMARTS) is 1. The van der Waals surface area contributed by atoms with E-state index in [4.69, 9.17) is 28.3 Å². The largest absolute Gasteiger partial charge is 0.478 e. The minimum Gasteiger partial charge on any atom is -0.478 e. The van der Waals surface area contributed by atoms with E-state index in [1.54, 1.807) is 0 Å². The zero-order chi connectivity index (χ0) is 32.0. The quantitative estimate of drug-likeness (QED) is 0.126. The molecular weight excluding hydrogens is 567 g/mol. The van der Waals surface area contributed by atoms with Gasteiger partial charge in [0.15, 0.2) is 0 Å². The molecule has 0 spiro atoms. The highest BCUT2D eigenvalue weighted by Gasteiger charge is 2.29. The molecule has 0 bridgehead atoms. The first-order valence-corrected chi connectivity index (χ1v) is 17.0. The number of carboxylic acids is 1. The molecule has 0 unspecified atom stereocenters. The van der Waals surface area contributed by atoms with Gasteiger partial charge in [-0.05, 0) is 87.6 Å². The normalized spacial score (nSPS) is 19.5. The SMILES string of the molecule is C.C=C(C)C(=O)O.C=C(C)CC1(CC)CCCCC1.CCC1(C)CCCCC1.CCC1(O)CCCCC1.O=C(Cl)CCl. The Morgan fingerprint density at radius 2 is 1.10 bits per heavy atom. The number of halogens is 2. The maximum Gasteiger partial charge on any atom is 0.330 e. The van der Waals surface area contributed by atoms with Crippen LogP contribution >= 0.6 is 23.2 Å². The molecule has 0 atom stereocenters. The lowest BCUT2D eigenvalue weighted by Gasteiger charge is -2.36. The van der Waals surface area contributed by atoms with E-state index in [1.807, 2.05) is 0 Å². The summed E-state index contributed by atoms with van der Waals surface area (Å²) in [5, 5.41) is 17.1. The summed E-state index contributed by atoms with van der Waals surface area (Å²) < 4.78 is 0. The maximum absolute atomic E-state index is 9.68. The molecule has 0 amide bonds. The number of aliphatic carboxylic acids is 1. The van der Waals surface area contributed by atoms with Gasteiger partial charge in [-0.25, -0.2) is 4.79 Å². The molecule has 0 radical (unpaired) electrons. The molecule has 0 saturated heterocycles. The van der Waals surface area contributed by atoms with Gasteiger partial charge in [0.25, 0.3) is 0 Å². The van der Waals surface area contributed by atoms with Crippen molar-refractivity contribution in [2.24, 2.45) is 10.8 Å². The van der Waals surface area contributed by atoms with Crippen molar-refractivity contribution in [1.29, 1.82) is 0 Å². The van der Waals surface area contributed by atoms with Gasteiger partial charge in [0.1, 0.15) is 0 Å². The summed E-state index contributed by atoms with van der Waals surface area (Å²) in [5.41, 5.74) is 2.63. The van der Waals surface area contributed by atoms with Gasteiger partial charge in [-0.1, -0.05) is 118 Å². The van der Waals surface area contributed by atoms with Crippen LogP contribution in [0.4, 0.5) is 0 Å². The zero-order valence-electron chi connectivity index (χ0n) is 27.5. The van der Waals surface area contributed by atoms with E-state index in [0.29, 0.717) is 5.41 Å². The second-order valence-electron chi connectivity index (χ2n) is 13.0. The fourth-order valence-electron chi connectivity index (χ4n) is 5.92. The number of hydrogen-bond donors (Lipinski definition) is 2. The van der Waals surface area contributed by atoms with Crippen molar-refractivity contribution in [2.45, 2.75) is 177 Å².